The highest BCUT2D eigenvalue weighted by atomic mass is 16.5. The van der Waals surface area contributed by atoms with E-state index >= 15 is 0 Å². The lowest BCUT2D eigenvalue weighted by Crippen LogP contribution is -2.74. The number of hydrogen-bond acceptors (Lipinski definition) is 11. The fourth-order valence-corrected chi connectivity index (χ4v) is 7.17. The number of ketones is 4. The van der Waals surface area contributed by atoms with E-state index in [-0.39, 0.29) is 35.3 Å². The maximum absolute atomic E-state index is 14.2. The third-order valence-electron chi connectivity index (χ3n) is 9.14. The summed E-state index contributed by atoms with van der Waals surface area (Å²) in [5, 5.41) is 23.3. The lowest BCUT2D eigenvalue weighted by atomic mass is 9.52. The van der Waals surface area contributed by atoms with Gasteiger partial charge in [0.15, 0.2) is 34.7 Å². The molecule has 12 nitrogen and oxygen atoms in total. The molecule has 0 spiro atoms. The molecule has 0 saturated heterocycles. The van der Waals surface area contributed by atoms with E-state index < -0.39 is 70.3 Å². The van der Waals surface area contributed by atoms with Crippen LogP contribution in [0.3, 0.4) is 0 Å². The van der Waals surface area contributed by atoms with E-state index in [0.717, 1.165) is 0 Å². The van der Waals surface area contributed by atoms with E-state index in [1.54, 1.807) is 37.2 Å². The summed E-state index contributed by atoms with van der Waals surface area (Å²) < 4.78 is 4.74. The molecule has 0 radical (unpaired) electrons. The number of likely N-dealkylation sites (N-methyl/N-ethyl adjacent to an activating group) is 1. The maximum Gasteiger partial charge on any atom is 0.337 e. The van der Waals surface area contributed by atoms with E-state index in [2.05, 4.69) is 0 Å². The molecule has 0 heterocycles. The molecular weight excluding hydrogens is 558 g/mol. The van der Waals surface area contributed by atoms with Crippen molar-refractivity contribution in [2.45, 2.75) is 24.5 Å². The van der Waals surface area contributed by atoms with Gasteiger partial charge >= 0.3 is 5.97 Å². The molecule has 6 unspecified atom stereocenters. The van der Waals surface area contributed by atoms with Crippen molar-refractivity contribution in [3.8, 4) is 16.9 Å². The lowest BCUT2D eigenvalue weighted by Gasteiger charge is -2.52. The Morgan fingerprint density at radius 1 is 1.02 bits per heavy atom. The number of carbonyl (C=O) groups is 6. The lowest BCUT2D eigenvalue weighted by molar-refractivity contribution is -0.181. The summed E-state index contributed by atoms with van der Waals surface area (Å²) >= 11 is 0. The molecule has 2 aromatic rings. The zero-order chi connectivity index (χ0) is 31.7. The molecule has 3 aliphatic rings. The maximum atomic E-state index is 14.2. The van der Waals surface area contributed by atoms with Gasteiger partial charge in [-0.15, -0.1) is 0 Å². The molecule has 0 aromatic heterocycles. The minimum absolute atomic E-state index is 0.0335. The molecule has 12 heteroatoms. The van der Waals surface area contributed by atoms with Crippen LogP contribution >= 0.6 is 0 Å². The average Bonchev–Trinajstić information content (AvgIpc) is 2.94. The summed E-state index contributed by atoms with van der Waals surface area (Å²) in [6.07, 6.45) is 0.114. The van der Waals surface area contributed by atoms with E-state index in [1.165, 1.54) is 38.2 Å². The quantitative estimate of drug-likeness (QED) is 0.323. The van der Waals surface area contributed by atoms with Crippen molar-refractivity contribution in [1.82, 2.24) is 4.90 Å². The fraction of sp³-hybridized carbons (Fsp3) is 0.419. The predicted molar refractivity (Wildman–Crippen MR) is 152 cm³/mol. The number of esters is 1. The number of primary amides is 1. The number of benzene rings is 2. The number of ether oxygens (including phenoxy) is 1. The summed E-state index contributed by atoms with van der Waals surface area (Å²) in [4.78, 5) is 82.3. The normalized spacial score (nSPS) is 28.2. The van der Waals surface area contributed by atoms with Crippen LogP contribution in [0.4, 0.5) is 5.69 Å². The average molecular weight is 592 g/mol. The standard InChI is InChI=1S/C31H33N3O9/c1-33(2)19-12-16(13-6-8-14(9-7-13)30(41)43-5)24(35)21-17(19)10-15-11-18-23(34(3)4)26(37)22(29(32)40)28(39)31(18,42)27(38)20(15)25(21)36/h6-9,12,15,18,20,22-23,35,42H,10-11H2,1-5H3,(H2,32,40). The van der Waals surface area contributed by atoms with Crippen molar-refractivity contribution >= 4 is 40.7 Å². The Labute approximate surface area is 247 Å². The highest BCUT2D eigenvalue weighted by molar-refractivity contribution is 6.32. The van der Waals surface area contributed by atoms with E-state index in [4.69, 9.17) is 10.5 Å². The van der Waals surface area contributed by atoms with Crippen molar-refractivity contribution in [3.63, 3.8) is 0 Å². The molecule has 4 N–H and O–H groups in total. The van der Waals surface area contributed by atoms with Gasteiger partial charge in [-0.2, -0.15) is 0 Å². The molecule has 0 bridgehead atoms. The van der Waals surface area contributed by atoms with Crippen LogP contribution in [0, 0.1) is 23.7 Å². The van der Waals surface area contributed by atoms with Gasteiger partial charge < -0.3 is 25.6 Å². The molecule has 43 heavy (non-hydrogen) atoms. The Morgan fingerprint density at radius 2 is 1.65 bits per heavy atom. The minimum atomic E-state index is -2.79. The number of fused-ring (bicyclic) bond motifs is 3. The molecule has 3 aliphatic carbocycles. The molecule has 1 amide bonds. The second-order valence-electron chi connectivity index (χ2n) is 11.9. The highest BCUT2D eigenvalue weighted by Crippen LogP contribution is 2.53. The number of phenols is 1. The molecule has 2 saturated carbocycles. The van der Waals surface area contributed by atoms with Gasteiger partial charge in [0.2, 0.25) is 5.91 Å². The van der Waals surface area contributed by atoms with Crippen LogP contribution in [0.15, 0.2) is 30.3 Å². The summed E-state index contributed by atoms with van der Waals surface area (Å²) in [5.41, 5.74) is 4.61. The molecule has 226 valence electrons. The summed E-state index contributed by atoms with van der Waals surface area (Å²) in [5.74, 6) is -11.6. The highest BCUT2D eigenvalue weighted by Gasteiger charge is 2.69. The van der Waals surface area contributed by atoms with Gasteiger partial charge in [0, 0.05) is 31.3 Å². The second kappa shape index (κ2) is 10.4. The number of phenolic OH excluding ortho intramolecular Hbond substituents is 1. The number of nitrogens with two attached hydrogens (primary N) is 1. The third kappa shape index (κ3) is 4.27. The van der Waals surface area contributed by atoms with Crippen LogP contribution in [0.25, 0.3) is 11.1 Å². The van der Waals surface area contributed by atoms with Crippen LogP contribution in [-0.4, -0.2) is 97.1 Å². The van der Waals surface area contributed by atoms with Crippen molar-refractivity contribution < 1.29 is 43.7 Å². The summed E-state index contributed by atoms with van der Waals surface area (Å²) in [6, 6.07) is 6.75. The molecule has 2 aromatic carbocycles. The van der Waals surface area contributed by atoms with E-state index in [0.29, 0.717) is 16.8 Å². The number of amides is 1. The largest absolute Gasteiger partial charge is 0.507 e. The zero-order valence-electron chi connectivity index (χ0n) is 24.4. The van der Waals surface area contributed by atoms with Crippen LogP contribution in [0.1, 0.15) is 32.7 Å². The number of nitrogens with zero attached hydrogens (tertiary/aromatic N) is 2. The Kier molecular flexibility index (Phi) is 7.26. The molecular formula is C31H33N3O9. The number of rotatable bonds is 5. The number of aromatic hydroxyl groups is 1. The summed E-state index contributed by atoms with van der Waals surface area (Å²) in [7, 11) is 7.87. The number of anilines is 1. The SMILES string of the molecule is COC(=O)c1ccc(-c2cc(N(C)C)c3c(c2O)C(=O)C2C(=O)C4(O)C(=O)C(C(N)=O)C(=O)C(N(C)C)C4CC2C3)cc1. The Hall–Kier alpha value is -4.42. The first-order valence-electron chi connectivity index (χ1n) is 13.8. The van der Waals surface area contributed by atoms with Gasteiger partial charge in [0.1, 0.15) is 5.75 Å². The first-order valence-corrected chi connectivity index (χ1v) is 13.8. The zero-order valence-corrected chi connectivity index (χ0v) is 24.4. The van der Waals surface area contributed by atoms with Gasteiger partial charge in [-0.3, -0.25) is 28.9 Å². The van der Waals surface area contributed by atoms with Crippen LogP contribution in [0.2, 0.25) is 0 Å². The van der Waals surface area contributed by atoms with Gasteiger partial charge in [0.05, 0.1) is 30.2 Å². The smallest absolute Gasteiger partial charge is 0.337 e. The molecule has 5 rings (SSSR count). The van der Waals surface area contributed by atoms with Gasteiger partial charge in [-0.05, 0) is 62.2 Å². The Balaban J connectivity index is 1.66. The number of Topliss-reactive ketones (excluding diaryl/α,β-unsaturated/α-hetero) is 4. The number of hydrogen-bond donors (Lipinski definition) is 3. The molecule has 6 atom stereocenters. The van der Waals surface area contributed by atoms with Crippen molar-refractivity contribution in [2.24, 2.45) is 29.4 Å². The molecule has 2 fully saturated rings. The third-order valence-corrected chi connectivity index (χ3v) is 9.14. The topological polar surface area (TPSA) is 185 Å². The van der Waals surface area contributed by atoms with E-state index in [1.807, 2.05) is 0 Å². The summed E-state index contributed by atoms with van der Waals surface area (Å²) in [6.45, 7) is 0. The van der Waals surface area contributed by atoms with Crippen molar-refractivity contribution in [2.75, 3.05) is 40.2 Å². The molecule has 0 aliphatic heterocycles. The monoisotopic (exact) mass is 591 g/mol. The van der Waals surface area contributed by atoms with Gasteiger partial charge in [-0.1, -0.05) is 12.1 Å². The number of carbonyl (C=O) groups excluding carboxylic acids is 6. The van der Waals surface area contributed by atoms with Gasteiger partial charge in [-0.25, -0.2) is 4.79 Å². The van der Waals surface area contributed by atoms with Crippen LogP contribution in [-0.2, 0) is 30.3 Å². The van der Waals surface area contributed by atoms with E-state index in [9.17, 15) is 39.0 Å². The predicted octanol–water partition coefficient (Wildman–Crippen LogP) is 0.387. The number of methoxy groups -OCH3 is 1. The Morgan fingerprint density at radius 3 is 2.19 bits per heavy atom. The van der Waals surface area contributed by atoms with Gasteiger partial charge in [0.25, 0.3) is 0 Å². The van der Waals surface area contributed by atoms with Crippen LogP contribution in [0.5, 0.6) is 5.75 Å². The first kappa shape index (κ1) is 30.1. The second-order valence-corrected chi connectivity index (χ2v) is 11.9. The Bertz CT molecular complexity index is 1600. The van der Waals surface area contributed by atoms with Crippen molar-refractivity contribution in [1.29, 1.82) is 0 Å². The fourth-order valence-electron chi connectivity index (χ4n) is 7.17. The first-order chi connectivity index (χ1) is 20.2. The minimum Gasteiger partial charge on any atom is -0.507 e. The van der Waals surface area contributed by atoms with Crippen molar-refractivity contribution in [3.05, 3.63) is 47.0 Å². The van der Waals surface area contributed by atoms with Crippen LogP contribution < -0.4 is 10.6 Å². The number of aliphatic hydroxyl groups is 1.